The van der Waals surface area contributed by atoms with Gasteiger partial charge in [0, 0.05) is 17.5 Å². The summed E-state index contributed by atoms with van der Waals surface area (Å²) in [5, 5.41) is 10.4. The topological polar surface area (TPSA) is 73.3 Å². The Hall–Kier alpha value is -2.20. The van der Waals surface area contributed by atoms with E-state index >= 15 is 4.39 Å². The molecule has 0 saturated carbocycles. The molecule has 0 aromatic heterocycles. The largest absolute Gasteiger partial charge is 0.345 e. The van der Waals surface area contributed by atoms with E-state index in [-0.39, 0.29) is 11.1 Å². The number of nitrogens with one attached hydrogen (secondary N) is 2. The average molecular weight is 415 g/mol. The fraction of sp³-hybridized carbons (Fsp3) is 0.235. The number of guanidine groups is 1. The van der Waals surface area contributed by atoms with Crippen molar-refractivity contribution in [2.45, 2.75) is 17.4 Å². The highest BCUT2D eigenvalue weighted by Gasteiger charge is 2.44. The van der Waals surface area contributed by atoms with E-state index in [9.17, 15) is 17.2 Å². The maximum Gasteiger partial charge on any atom is 0.239 e. The summed E-state index contributed by atoms with van der Waals surface area (Å²) in [5.41, 5.74) is -2.56. The van der Waals surface area contributed by atoms with Crippen molar-refractivity contribution in [3.63, 3.8) is 0 Å². The number of nitrogens with zero attached hydrogens (tertiary/aromatic N) is 1. The average Bonchev–Trinajstić information content (AvgIpc) is 2.57. The smallest absolute Gasteiger partial charge is 0.239 e. The number of rotatable bonds is 2. The van der Waals surface area contributed by atoms with Crippen LogP contribution in [-0.4, -0.2) is 31.5 Å². The molecule has 0 amide bonds. The third-order valence-corrected chi connectivity index (χ3v) is 6.76. The van der Waals surface area contributed by atoms with Gasteiger partial charge in [0.2, 0.25) is 16.0 Å². The predicted molar refractivity (Wildman–Crippen MR) is 98.8 cm³/mol. The lowest BCUT2D eigenvalue weighted by Gasteiger charge is -2.40. The minimum atomic E-state index is -3.94. The molecule has 2 aromatic rings. The number of thiol groups is 1. The van der Waals surface area contributed by atoms with Crippen LogP contribution in [0, 0.1) is 22.9 Å². The van der Waals surface area contributed by atoms with E-state index in [4.69, 9.17) is 5.41 Å². The second kappa shape index (κ2) is 6.45. The minimum absolute atomic E-state index is 0.0815. The molecule has 5 nitrogen and oxygen atoms in total. The van der Waals surface area contributed by atoms with Crippen LogP contribution in [0.25, 0.3) is 11.1 Å². The monoisotopic (exact) mass is 415 g/mol. The van der Waals surface area contributed by atoms with Crippen LogP contribution in [0.5, 0.6) is 0 Å². The normalized spacial score (nSPS) is 21.9. The van der Waals surface area contributed by atoms with E-state index in [0.717, 1.165) is 0 Å². The molecule has 2 N–H and O–H groups in total. The third-order valence-electron chi connectivity index (χ3n) is 4.50. The number of hydrogen-bond acceptors (Lipinski definition) is 4. The number of halogens is 3. The van der Waals surface area contributed by atoms with Crippen molar-refractivity contribution in [2.24, 2.45) is 0 Å². The van der Waals surface area contributed by atoms with Gasteiger partial charge in [-0.25, -0.2) is 25.9 Å². The molecule has 27 heavy (non-hydrogen) atoms. The Morgan fingerprint density at radius 2 is 1.78 bits per heavy atom. The number of hydrogen-bond donors (Lipinski definition) is 3. The first-order chi connectivity index (χ1) is 12.5. The Bertz CT molecular complexity index is 1040. The van der Waals surface area contributed by atoms with Crippen LogP contribution in [0.4, 0.5) is 13.2 Å². The van der Waals surface area contributed by atoms with Crippen molar-refractivity contribution in [3.8, 4) is 11.1 Å². The fourth-order valence-electron chi connectivity index (χ4n) is 3.01. The lowest BCUT2D eigenvalue weighted by Crippen LogP contribution is -2.61. The quantitative estimate of drug-likeness (QED) is 0.521. The van der Waals surface area contributed by atoms with Gasteiger partial charge in [-0.3, -0.25) is 5.41 Å². The maximum atomic E-state index is 15.3. The summed E-state index contributed by atoms with van der Waals surface area (Å²) in [6.07, 6.45) is 0. The fourth-order valence-corrected chi connectivity index (χ4v) is 4.63. The number of sulfonamides is 1. The predicted octanol–water partition coefficient (Wildman–Crippen LogP) is 3.07. The van der Waals surface area contributed by atoms with Gasteiger partial charge in [0.1, 0.15) is 5.82 Å². The number of benzene rings is 2. The van der Waals surface area contributed by atoms with E-state index in [1.54, 1.807) is 0 Å². The van der Waals surface area contributed by atoms with E-state index in [2.05, 4.69) is 17.9 Å². The van der Waals surface area contributed by atoms with Crippen LogP contribution < -0.4 is 5.32 Å². The zero-order chi connectivity index (χ0) is 20.1. The summed E-state index contributed by atoms with van der Waals surface area (Å²) in [6.45, 7) is 1.32. The lowest BCUT2D eigenvalue weighted by atomic mass is 9.89. The highest BCUT2D eigenvalue weighted by molar-refractivity contribution is 7.89. The Labute approximate surface area is 160 Å². The lowest BCUT2D eigenvalue weighted by molar-refractivity contribution is 0.396. The summed E-state index contributed by atoms with van der Waals surface area (Å²) in [7, 11) is -2.76. The second-order valence-electron chi connectivity index (χ2n) is 6.49. The SMILES string of the molecule is CN1C(=N)N[C@](C)(c2cc(F)c(F)c(-c3ccc(S)cc3)c2F)CS1(=O)=O. The van der Waals surface area contributed by atoms with Crippen molar-refractivity contribution in [1.29, 1.82) is 5.41 Å². The van der Waals surface area contributed by atoms with Crippen molar-refractivity contribution in [1.82, 2.24) is 9.62 Å². The standard InChI is InChI=1S/C17H16F3N3O2S2/c1-17(8-27(24,25)23(2)16(21)22-17)11-7-12(18)15(20)13(14(11)19)9-3-5-10(26)6-4-9/h3-7,26H,8H2,1-2H3,(H2,21,22)/t17-/m0/s1. The molecule has 3 rings (SSSR count). The highest BCUT2D eigenvalue weighted by Crippen LogP contribution is 2.37. The minimum Gasteiger partial charge on any atom is -0.345 e. The van der Waals surface area contributed by atoms with E-state index in [0.29, 0.717) is 15.3 Å². The first kappa shape index (κ1) is 19.6. The zero-order valence-corrected chi connectivity index (χ0v) is 16.1. The van der Waals surface area contributed by atoms with E-state index < -0.39 is 50.3 Å². The van der Waals surface area contributed by atoms with E-state index in [1.165, 1.54) is 38.2 Å². The third kappa shape index (κ3) is 3.27. The van der Waals surface area contributed by atoms with Crippen molar-refractivity contribution in [2.75, 3.05) is 12.8 Å². The summed E-state index contributed by atoms with van der Waals surface area (Å²) in [4.78, 5) is 0.555. The van der Waals surface area contributed by atoms with Gasteiger partial charge in [-0.15, -0.1) is 12.6 Å². The van der Waals surface area contributed by atoms with Crippen molar-refractivity contribution >= 4 is 28.6 Å². The molecule has 2 aromatic carbocycles. The summed E-state index contributed by atoms with van der Waals surface area (Å²) < 4.78 is 69.2. The van der Waals surface area contributed by atoms with Gasteiger partial charge < -0.3 is 5.32 Å². The molecule has 0 radical (unpaired) electrons. The molecule has 10 heteroatoms. The van der Waals surface area contributed by atoms with Gasteiger partial charge in [-0.2, -0.15) is 0 Å². The molecule has 144 valence electrons. The van der Waals surface area contributed by atoms with Crippen LogP contribution in [0.1, 0.15) is 12.5 Å². The molecule has 1 fully saturated rings. The van der Waals surface area contributed by atoms with Crippen LogP contribution in [0.3, 0.4) is 0 Å². The first-order valence-electron chi connectivity index (χ1n) is 7.77. The Kier molecular flexibility index (Phi) is 4.67. The molecular weight excluding hydrogens is 399 g/mol. The molecule has 0 unspecified atom stereocenters. The Morgan fingerprint density at radius 1 is 1.19 bits per heavy atom. The van der Waals surface area contributed by atoms with Crippen LogP contribution in [0.2, 0.25) is 0 Å². The van der Waals surface area contributed by atoms with Gasteiger partial charge in [0.25, 0.3) is 0 Å². The second-order valence-corrected chi connectivity index (χ2v) is 9.00. The summed E-state index contributed by atoms with van der Waals surface area (Å²) in [6, 6.07) is 6.39. The zero-order valence-electron chi connectivity index (χ0n) is 14.3. The van der Waals surface area contributed by atoms with Crippen LogP contribution in [-0.2, 0) is 15.6 Å². The molecule has 1 saturated heterocycles. The summed E-state index contributed by atoms with van der Waals surface area (Å²) in [5.74, 6) is -4.91. The molecular formula is C17H16F3N3O2S2. The van der Waals surface area contributed by atoms with Crippen molar-refractivity contribution in [3.05, 3.63) is 53.3 Å². The van der Waals surface area contributed by atoms with Crippen LogP contribution >= 0.6 is 12.6 Å². The molecule has 0 bridgehead atoms. The van der Waals surface area contributed by atoms with Gasteiger partial charge in [-0.05, 0) is 30.7 Å². The Balaban J connectivity index is 2.23. The first-order valence-corrected chi connectivity index (χ1v) is 9.82. The van der Waals surface area contributed by atoms with Gasteiger partial charge >= 0.3 is 0 Å². The molecule has 1 atom stereocenters. The molecule has 0 aliphatic carbocycles. The Morgan fingerprint density at radius 3 is 2.33 bits per heavy atom. The van der Waals surface area contributed by atoms with E-state index in [1.807, 2.05) is 0 Å². The summed E-state index contributed by atoms with van der Waals surface area (Å²) >= 11 is 4.10. The van der Waals surface area contributed by atoms with Gasteiger partial charge in [-0.1, -0.05) is 12.1 Å². The molecule has 1 heterocycles. The van der Waals surface area contributed by atoms with Crippen molar-refractivity contribution < 1.29 is 21.6 Å². The maximum absolute atomic E-state index is 15.3. The highest BCUT2D eigenvalue weighted by atomic mass is 32.2. The molecule has 0 spiro atoms. The molecule has 1 aliphatic rings. The van der Waals surface area contributed by atoms with Gasteiger partial charge in [0.15, 0.2) is 11.6 Å². The molecule has 1 aliphatic heterocycles. The van der Waals surface area contributed by atoms with Crippen LogP contribution in [0.15, 0.2) is 35.2 Å². The van der Waals surface area contributed by atoms with Gasteiger partial charge in [0.05, 0.1) is 16.9 Å².